The first kappa shape index (κ1) is 11.6. The molecule has 0 saturated carbocycles. The number of hydrogen-bond acceptors (Lipinski definition) is 5. The van der Waals surface area contributed by atoms with E-state index in [2.05, 4.69) is 9.97 Å². The summed E-state index contributed by atoms with van der Waals surface area (Å²) in [5.74, 6) is 1.47. The highest BCUT2D eigenvalue weighted by Gasteiger charge is 2.16. The average molecular weight is 259 g/mol. The van der Waals surface area contributed by atoms with Crippen molar-refractivity contribution in [2.75, 3.05) is 18.9 Å². The molecular formula is C13H13N3O3. The first-order chi connectivity index (χ1) is 9.13. The number of rotatable bonds is 1. The second kappa shape index (κ2) is 4.31. The van der Waals surface area contributed by atoms with Crippen LogP contribution in [0.4, 0.5) is 5.95 Å². The van der Waals surface area contributed by atoms with Crippen molar-refractivity contribution in [2.45, 2.75) is 6.92 Å². The van der Waals surface area contributed by atoms with E-state index in [0.29, 0.717) is 30.4 Å². The minimum atomic E-state index is -0.281. The summed E-state index contributed by atoms with van der Waals surface area (Å²) >= 11 is 0. The largest absolute Gasteiger partial charge is 0.486 e. The molecule has 2 aromatic rings. The van der Waals surface area contributed by atoms with Gasteiger partial charge in [-0.1, -0.05) is 0 Å². The lowest BCUT2D eigenvalue weighted by molar-refractivity contribution is 0.171. The van der Waals surface area contributed by atoms with E-state index in [0.717, 1.165) is 11.1 Å². The summed E-state index contributed by atoms with van der Waals surface area (Å²) in [6.07, 6.45) is 0. The van der Waals surface area contributed by atoms with Gasteiger partial charge in [-0.3, -0.25) is 9.78 Å². The summed E-state index contributed by atoms with van der Waals surface area (Å²) in [6, 6.07) is 5.11. The van der Waals surface area contributed by atoms with Gasteiger partial charge in [-0.15, -0.1) is 0 Å². The number of H-pyrrole nitrogens is 1. The van der Waals surface area contributed by atoms with Crippen molar-refractivity contribution < 1.29 is 9.47 Å². The number of aryl methyl sites for hydroxylation is 1. The maximum absolute atomic E-state index is 11.5. The van der Waals surface area contributed by atoms with E-state index in [1.807, 2.05) is 19.1 Å². The van der Waals surface area contributed by atoms with Crippen molar-refractivity contribution in [3.05, 3.63) is 34.1 Å². The van der Waals surface area contributed by atoms with Crippen LogP contribution >= 0.6 is 0 Å². The number of nitrogens with two attached hydrogens (primary N) is 1. The van der Waals surface area contributed by atoms with Crippen molar-refractivity contribution >= 4 is 5.95 Å². The number of ether oxygens (including phenoxy) is 2. The molecule has 0 unspecified atom stereocenters. The molecule has 3 N–H and O–H groups in total. The normalized spacial score (nSPS) is 13.3. The van der Waals surface area contributed by atoms with Crippen LogP contribution in [0.5, 0.6) is 11.5 Å². The number of aromatic nitrogens is 2. The van der Waals surface area contributed by atoms with Crippen molar-refractivity contribution in [1.82, 2.24) is 9.97 Å². The van der Waals surface area contributed by atoms with E-state index in [9.17, 15) is 4.79 Å². The van der Waals surface area contributed by atoms with Crippen LogP contribution in [-0.4, -0.2) is 23.2 Å². The maximum Gasteiger partial charge on any atom is 0.252 e. The number of nitrogen functional groups attached to an aromatic ring is 1. The molecule has 0 saturated heterocycles. The van der Waals surface area contributed by atoms with Crippen molar-refractivity contribution in [3.8, 4) is 22.8 Å². The molecule has 19 heavy (non-hydrogen) atoms. The van der Waals surface area contributed by atoms with Crippen LogP contribution in [0.2, 0.25) is 0 Å². The first-order valence-electron chi connectivity index (χ1n) is 5.91. The fraction of sp³-hybridized carbons (Fsp3) is 0.231. The summed E-state index contributed by atoms with van der Waals surface area (Å²) in [5, 5.41) is 0. The Morgan fingerprint density at radius 3 is 2.58 bits per heavy atom. The molecule has 98 valence electrons. The lowest BCUT2D eigenvalue weighted by Gasteiger charge is -2.20. The lowest BCUT2D eigenvalue weighted by Crippen LogP contribution is -2.16. The molecule has 2 heterocycles. The summed E-state index contributed by atoms with van der Waals surface area (Å²) in [6.45, 7) is 2.98. The van der Waals surface area contributed by atoms with E-state index < -0.39 is 0 Å². The molecule has 1 aromatic carbocycles. The summed E-state index contributed by atoms with van der Waals surface area (Å²) < 4.78 is 11.0. The third-order valence-electron chi connectivity index (χ3n) is 2.93. The molecule has 6 nitrogen and oxygen atoms in total. The lowest BCUT2D eigenvalue weighted by atomic mass is 10.0. The number of benzene rings is 1. The van der Waals surface area contributed by atoms with Gasteiger partial charge < -0.3 is 15.2 Å². The second-order valence-corrected chi connectivity index (χ2v) is 4.33. The standard InChI is InChI=1S/C13H13N3O3/c1-7-4-10-11(19-3-2-18-10)5-8(7)9-6-12(17)16-13(14)15-9/h4-6H,2-3H2,1H3,(H3,14,15,16,17). The van der Waals surface area contributed by atoms with Gasteiger partial charge in [0.25, 0.3) is 5.56 Å². The first-order valence-corrected chi connectivity index (χ1v) is 5.91. The van der Waals surface area contributed by atoms with Gasteiger partial charge in [-0.2, -0.15) is 0 Å². The number of fused-ring (bicyclic) bond motifs is 1. The van der Waals surface area contributed by atoms with Gasteiger partial charge >= 0.3 is 0 Å². The van der Waals surface area contributed by atoms with Crippen LogP contribution in [0.25, 0.3) is 11.3 Å². The molecule has 0 amide bonds. The van der Waals surface area contributed by atoms with Gasteiger partial charge in [0, 0.05) is 11.6 Å². The van der Waals surface area contributed by atoms with Gasteiger partial charge in [0.05, 0.1) is 5.69 Å². The molecule has 0 atom stereocenters. The summed E-state index contributed by atoms with van der Waals surface area (Å²) in [5.41, 5.74) is 7.56. The molecule has 0 bridgehead atoms. The molecular weight excluding hydrogens is 246 g/mol. The topological polar surface area (TPSA) is 90.2 Å². The third-order valence-corrected chi connectivity index (χ3v) is 2.93. The SMILES string of the molecule is Cc1cc2c(cc1-c1cc(=O)[nH]c(N)n1)OCCO2. The molecule has 3 rings (SSSR count). The van der Waals surface area contributed by atoms with Gasteiger partial charge in [-0.25, -0.2) is 4.98 Å². The van der Waals surface area contributed by atoms with Crippen molar-refractivity contribution in [2.24, 2.45) is 0 Å². The fourth-order valence-corrected chi connectivity index (χ4v) is 2.08. The summed E-state index contributed by atoms with van der Waals surface area (Å²) in [7, 11) is 0. The second-order valence-electron chi connectivity index (χ2n) is 4.33. The highest BCUT2D eigenvalue weighted by atomic mass is 16.6. The Bertz CT molecular complexity index is 694. The molecule has 1 aliphatic heterocycles. The van der Waals surface area contributed by atoms with E-state index >= 15 is 0 Å². The molecule has 0 aliphatic carbocycles. The summed E-state index contributed by atoms with van der Waals surface area (Å²) in [4.78, 5) is 18.0. The van der Waals surface area contributed by atoms with E-state index in [1.165, 1.54) is 6.07 Å². The molecule has 6 heteroatoms. The average Bonchev–Trinajstić information content (AvgIpc) is 2.36. The minimum absolute atomic E-state index is 0.0942. The van der Waals surface area contributed by atoms with Crippen LogP contribution in [0.3, 0.4) is 0 Å². The Morgan fingerprint density at radius 1 is 1.21 bits per heavy atom. The Morgan fingerprint density at radius 2 is 1.89 bits per heavy atom. The van der Waals surface area contributed by atoms with Crippen LogP contribution in [0.15, 0.2) is 23.0 Å². The number of nitrogens with zero attached hydrogens (tertiary/aromatic N) is 1. The van der Waals surface area contributed by atoms with Gasteiger partial charge in [0.2, 0.25) is 5.95 Å². The fourth-order valence-electron chi connectivity index (χ4n) is 2.08. The van der Waals surface area contributed by atoms with Crippen LogP contribution < -0.4 is 20.8 Å². The number of nitrogens with one attached hydrogen (secondary N) is 1. The zero-order valence-corrected chi connectivity index (χ0v) is 10.4. The Balaban J connectivity index is 2.16. The van der Waals surface area contributed by atoms with E-state index in [4.69, 9.17) is 15.2 Å². The van der Waals surface area contributed by atoms with Crippen LogP contribution in [0.1, 0.15) is 5.56 Å². The predicted octanol–water partition coefficient (Wildman–Crippen LogP) is 1.10. The third kappa shape index (κ3) is 2.12. The highest BCUT2D eigenvalue weighted by molar-refractivity contribution is 5.68. The minimum Gasteiger partial charge on any atom is -0.486 e. The maximum atomic E-state index is 11.5. The molecule has 1 aliphatic rings. The zero-order chi connectivity index (χ0) is 13.4. The van der Waals surface area contributed by atoms with Gasteiger partial charge in [0.15, 0.2) is 11.5 Å². The number of anilines is 1. The molecule has 0 radical (unpaired) electrons. The van der Waals surface area contributed by atoms with Crippen molar-refractivity contribution in [1.29, 1.82) is 0 Å². The predicted molar refractivity (Wildman–Crippen MR) is 70.4 cm³/mol. The monoisotopic (exact) mass is 259 g/mol. The number of aromatic amines is 1. The molecule has 1 aromatic heterocycles. The van der Waals surface area contributed by atoms with Crippen LogP contribution in [0, 0.1) is 6.92 Å². The Labute approximate surface area is 109 Å². The quantitative estimate of drug-likeness (QED) is 0.800. The molecule has 0 spiro atoms. The van der Waals surface area contributed by atoms with Gasteiger partial charge in [0.1, 0.15) is 13.2 Å². The van der Waals surface area contributed by atoms with Crippen molar-refractivity contribution in [3.63, 3.8) is 0 Å². The van der Waals surface area contributed by atoms with E-state index in [1.54, 1.807) is 0 Å². The zero-order valence-electron chi connectivity index (χ0n) is 10.4. The van der Waals surface area contributed by atoms with Crippen LogP contribution in [-0.2, 0) is 0 Å². The smallest absolute Gasteiger partial charge is 0.252 e. The highest BCUT2D eigenvalue weighted by Crippen LogP contribution is 2.36. The van der Waals surface area contributed by atoms with E-state index in [-0.39, 0.29) is 11.5 Å². The Kier molecular flexibility index (Phi) is 2.63. The number of hydrogen-bond donors (Lipinski definition) is 2. The Hall–Kier alpha value is -2.50. The molecule has 0 fully saturated rings. The van der Waals surface area contributed by atoms with Gasteiger partial charge in [-0.05, 0) is 24.6 Å².